The Labute approximate surface area is 421 Å². The zero-order valence-electron chi connectivity index (χ0n) is 49.5. The van der Waals surface area contributed by atoms with Gasteiger partial charge in [0.15, 0.2) is 0 Å². The summed E-state index contributed by atoms with van der Waals surface area (Å²) in [5, 5.41) is 0. The van der Waals surface area contributed by atoms with Gasteiger partial charge in [0.25, 0.3) is 0 Å². The second kappa shape index (κ2) is 51.0. The van der Waals surface area contributed by atoms with E-state index in [0.717, 1.165) is 64.1 Å². The Kier molecular flexibility index (Phi) is 63.9. The van der Waals surface area contributed by atoms with Gasteiger partial charge in [0.1, 0.15) is 0 Å². The van der Waals surface area contributed by atoms with Crippen molar-refractivity contribution in [1.82, 2.24) is 9.80 Å². The van der Waals surface area contributed by atoms with E-state index in [2.05, 4.69) is 204 Å². The number of nitrogens with zero attached hydrogens (tertiary/aromatic N) is 2. The van der Waals surface area contributed by atoms with Gasteiger partial charge in [-0.25, -0.2) is 0 Å². The van der Waals surface area contributed by atoms with Gasteiger partial charge in [-0.3, -0.25) is 0 Å². The Morgan fingerprint density at radius 2 is 0.652 bits per heavy atom. The smallest absolute Gasteiger partial charge is 0.0857 e. The largest absolute Gasteiger partial charge is 0.379 e. The molecule has 0 aromatic heterocycles. The van der Waals surface area contributed by atoms with Crippen LogP contribution in [0.1, 0.15) is 233 Å². The van der Waals surface area contributed by atoms with Crippen LogP contribution in [0.25, 0.3) is 0 Å². The molecule has 0 aromatic rings. The van der Waals surface area contributed by atoms with Crippen molar-refractivity contribution >= 4 is 0 Å². The Bertz CT molecular complexity index is 832. The summed E-state index contributed by atoms with van der Waals surface area (Å²) in [4.78, 5) is 4.50. The van der Waals surface area contributed by atoms with E-state index in [1.54, 1.807) is 0 Å². The Balaban J connectivity index is -0.000000112. The zero-order chi connectivity index (χ0) is 51.6. The average molecular weight is 956 g/mol. The highest BCUT2D eigenvalue weighted by Crippen LogP contribution is 2.24. The maximum Gasteiger partial charge on any atom is 0.0857 e. The predicted molar refractivity (Wildman–Crippen MR) is 301 cm³/mol. The molecule has 0 fully saturated rings. The number of hydrogen-bond donors (Lipinski definition) is 0. The summed E-state index contributed by atoms with van der Waals surface area (Å²) in [6.45, 7) is 66.5. The lowest BCUT2D eigenvalue weighted by molar-refractivity contribution is -0.100. The molecule has 66 heavy (non-hydrogen) atoms. The molecule has 2 unspecified atom stereocenters. The normalized spacial score (nSPS) is 12.6. The Morgan fingerprint density at radius 1 is 0.379 bits per heavy atom. The highest BCUT2D eigenvalue weighted by atomic mass is 16.6. The summed E-state index contributed by atoms with van der Waals surface area (Å²) in [5.41, 5.74) is -0.0175. The average Bonchev–Trinajstić information content (AvgIpc) is 3.20. The minimum Gasteiger partial charge on any atom is -0.379 e. The summed E-state index contributed by atoms with van der Waals surface area (Å²) in [6, 6.07) is 0. The van der Waals surface area contributed by atoms with Crippen LogP contribution in [-0.4, -0.2) is 126 Å². The third-order valence-corrected chi connectivity index (χ3v) is 11.0. The van der Waals surface area contributed by atoms with Gasteiger partial charge in [0.05, 0.1) is 63.1 Å². The molecule has 2 atom stereocenters. The van der Waals surface area contributed by atoms with Gasteiger partial charge in [-0.1, -0.05) is 179 Å². The molecule has 0 radical (unpaired) electrons. The van der Waals surface area contributed by atoms with E-state index < -0.39 is 0 Å². The minimum absolute atomic E-state index is 0. The van der Waals surface area contributed by atoms with Gasteiger partial charge in [-0.2, -0.15) is 0 Å². The van der Waals surface area contributed by atoms with Crippen LogP contribution >= 0.6 is 0 Å². The molecule has 0 heterocycles. The van der Waals surface area contributed by atoms with E-state index >= 15 is 0 Å². The van der Waals surface area contributed by atoms with Crippen molar-refractivity contribution in [2.24, 2.45) is 34.5 Å². The third-order valence-electron chi connectivity index (χ3n) is 11.0. The van der Waals surface area contributed by atoms with Crippen molar-refractivity contribution < 1.29 is 28.4 Å². The molecular weight excluding hydrogens is 821 g/mol. The number of rotatable bonds is 26. The van der Waals surface area contributed by atoms with Crippen molar-refractivity contribution in [3.8, 4) is 0 Å². The SMILES string of the molecule is C.C.CC(C)CCOC(COCCOC(C)(C)C)C(C)(C)C.CC(C)CCOCC(OCCOC(C)(C)C)C(C)(C)C.CCC(C)CC.CCC(C)CC.CCN(C)CC.CCN(C)CC. The summed E-state index contributed by atoms with van der Waals surface area (Å²) in [6.07, 6.45) is 7.76. The quantitative estimate of drug-likeness (QED) is 0.0795. The van der Waals surface area contributed by atoms with E-state index in [-0.39, 0.29) is 49.1 Å². The van der Waals surface area contributed by atoms with Crippen molar-refractivity contribution in [1.29, 1.82) is 0 Å². The molecule has 0 aliphatic heterocycles. The zero-order valence-corrected chi connectivity index (χ0v) is 49.5. The van der Waals surface area contributed by atoms with Crippen LogP contribution in [0.5, 0.6) is 0 Å². The molecule has 0 aliphatic carbocycles. The molecule has 0 aliphatic rings. The third kappa shape index (κ3) is 75.2. The van der Waals surface area contributed by atoms with Gasteiger partial charge in [-0.05, 0) is 129 Å². The van der Waals surface area contributed by atoms with E-state index in [0.29, 0.717) is 51.5 Å². The molecule has 0 bridgehead atoms. The Hall–Kier alpha value is -0.320. The lowest BCUT2D eigenvalue weighted by Gasteiger charge is -2.31. The highest BCUT2D eigenvalue weighted by molar-refractivity contribution is 4.75. The molecule has 0 aromatic carbocycles. The van der Waals surface area contributed by atoms with Crippen LogP contribution in [0.4, 0.5) is 0 Å². The standard InChI is InChI=1S/2C17H36O3.2C6H14.2C5H13N.2CH4/c1-14(2)9-10-19-15(16(3,4)5)13-18-11-12-20-17(6,7)8;1-14(2)9-10-18-13-15(16(3,4)5)19-11-12-20-17(6,7)8;4*1-4-6(3)5-2;;/h2*14-15H,9-13H2,1-8H3;2*6H,4-5H2,1-3H3;2*4-5H2,1-3H3;2*1H4. The van der Waals surface area contributed by atoms with Gasteiger partial charge >= 0.3 is 0 Å². The fraction of sp³-hybridized carbons (Fsp3) is 1.00. The monoisotopic (exact) mass is 955 g/mol. The van der Waals surface area contributed by atoms with Crippen LogP contribution in [-0.2, 0) is 28.4 Å². The van der Waals surface area contributed by atoms with Crippen LogP contribution in [0.15, 0.2) is 0 Å². The van der Waals surface area contributed by atoms with Gasteiger partial charge < -0.3 is 38.2 Å². The number of ether oxygens (including phenoxy) is 6. The topological polar surface area (TPSA) is 61.9 Å². The molecule has 8 heteroatoms. The van der Waals surface area contributed by atoms with Crippen LogP contribution in [0.2, 0.25) is 0 Å². The lowest BCUT2D eigenvalue weighted by atomic mass is 9.89. The van der Waals surface area contributed by atoms with E-state index in [4.69, 9.17) is 28.4 Å². The van der Waals surface area contributed by atoms with Crippen LogP contribution < -0.4 is 0 Å². The molecule has 8 nitrogen and oxygen atoms in total. The first-order valence-electron chi connectivity index (χ1n) is 26.3. The summed E-state index contributed by atoms with van der Waals surface area (Å²) in [5.74, 6) is 3.23. The second-order valence-electron chi connectivity index (χ2n) is 22.7. The van der Waals surface area contributed by atoms with Crippen molar-refractivity contribution in [2.45, 2.75) is 257 Å². The summed E-state index contributed by atoms with van der Waals surface area (Å²) < 4.78 is 34.8. The first-order valence-corrected chi connectivity index (χ1v) is 26.3. The summed E-state index contributed by atoms with van der Waals surface area (Å²) >= 11 is 0. The van der Waals surface area contributed by atoms with Gasteiger partial charge in [-0.15, -0.1) is 0 Å². The fourth-order valence-electron chi connectivity index (χ4n) is 4.21. The predicted octanol–water partition coefficient (Wildman–Crippen LogP) is 16.7. The molecule has 0 rings (SSSR count). The lowest BCUT2D eigenvalue weighted by Crippen LogP contribution is -2.35. The fourth-order valence-corrected chi connectivity index (χ4v) is 4.21. The van der Waals surface area contributed by atoms with Crippen molar-refractivity contribution in [2.75, 3.05) is 93.1 Å². The van der Waals surface area contributed by atoms with E-state index in [1.165, 1.54) is 25.7 Å². The molecule has 0 saturated heterocycles. The van der Waals surface area contributed by atoms with E-state index in [9.17, 15) is 0 Å². The van der Waals surface area contributed by atoms with Crippen LogP contribution in [0.3, 0.4) is 0 Å². The number of hydrogen-bond acceptors (Lipinski definition) is 8. The molecule has 0 amide bonds. The van der Waals surface area contributed by atoms with Gasteiger partial charge in [0, 0.05) is 13.2 Å². The van der Waals surface area contributed by atoms with Gasteiger partial charge in [0.2, 0.25) is 0 Å². The molecule has 0 spiro atoms. The maximum absolute atomic E-state index is 6.00. The molecule has 412 valence electrons. The highest BCUT2D eigenvalue weighted by Gasteiger charge is 2.27. The first-order chi connectivity index (χ1) is 29.3. The molecule has 0 N–H and O–H groups in total. The van der Waals surface area contributed by atoms with Crippen molar-refractivity contribution in [3.63, 3.8) is 0 Å². The Morgan fingerprint density at radius 3 is 0.879 bits per heavy atom. The first kappa shape index (κ1) is 82.6. The summed E-state index contributed by atoms with van der Waals surface area (Å²) in [7, 11) is 4.22. The second-order valence-corrected chi connectivity index (χ2v) is 22.7. The molecular formula is C58H134N2O6. The minimum atomic E-state index is -0.103. The maximum atomic E-state index is 6.00. The van der Waals surface area contributed by atoms with E-state index in [1.807, 2.05) is 0 Å². The van der Waals surface area contributed by atoms with Crippen molar-refractivity contribution in [3.05, 3.63) is 0 Å². The molecule has 0 saturated carbocycles. The van der Waals surface area contributed by atoms with Crippen LogP contribution in [0, 0.1) is 34.5 Å².